The van der Waals surface area contributed by atoms with Crippen LogP contribution in [0, 0.1) is 0 Å². The third kappa shape index (κ3) is 8.45. The SMILES string of the molecule is C1=CCC(c2ccc(-c3cc(-c4nc(-c5ccccc5)nc(-c5ccc(-c6ccccc6)cc5)n4)cc(-c4ccc(-c5ccccc5)cc4)c3-n3c4ccccc4c4cc(-c5ccccc5)ccc43)cc2)C=C1. The monoisotopic (exact) mass is 932 g/mol. The molecule has 2 aromatic heterocycles. The van der Waals surface area contributed by atoms with Crippen LogP contribution in [0.2, 0.25) is 0 Å². The molecule has 0 aliphatic heterocycles. The van der Waals surface area contributed by atoms with Crippen molar-refractivity contribution >= 4 is 21.8 Å². The Kier molecular flexibility index (Phi) is 11.3. The van der Waals surface area contributed by atoms with Gasteiger partial charge < -0.3 is 4.57 Å². The summed E-state index contributed by atoms with van der Waals surface area (Å²) in [7, 11) is 0. The molecule has 0 bridgehead atoms. The van der Waals surface area contributed by atoms with E-state index in [1.807, 2.05) is 24.3 Å². The zero-order chi connectivity index (χ0) is 48.5. The van der Waals surface area contributed by atoms with Crippen molar-refractivity contribution in [3.05, 3.63) is 279 Å². The number of aromatic nitrogens is 4. The van der Waals surface area contributed by atoms with Crippen LogP contribution in [0.5, 0.6) is 0 Å². The van der Waals surface area contributed by atoms with Crippen molar-refractivity contribution in [1.29, 1.82) is 0 Å². The number of benzene rings is 10. The van der Waals surface area contributed by atoms with Crippen molar-refractivity contribution in [2.24, 2.45) is 0 Å². The molecular weight excluding hydrogens is 885 g/mol. The van der Waals surface area contributed by atoms with Crippen molar-refractivity contribution in [2.75, 3.05) is 0 Å². The molecule has 73 heavy (non-hydrogen) atoms. The summed E-state index contributed by atoms with van der Waals surface area (Å²) in [6, 6.07) is 89.1. The summed E-state index contributed by atoms with van der Waals surface area (Å²) < 4.78 is 2.49. The van der Waals surface area contributed by atoms with Gasteiger partial charge in [0.05, 0.1) is 16.7 Å². The highest BCUT2D eigenvalue weighted by Gasteiger charge is 2.24. The summed E-state index contributed by atoms with van der Waals surface area (Å²) in [5, 5.41) is 2.38. The quantitative estimate of drug-likeness (QED) is 0.137. The molecule has 13 rings (SSSR count). The molecule has 12 aromatic rings. The highest BCUT2D eigenvalue weighted by atomic mass is 15.0. The molecule has 4 nitrogen and oxygen atoms in total. The molecule has 10 aromatic carbocycles. The molecule has 0 amide bonds. The second-order valence-electron chi connectivity index (χ2n) is 18.7. The Hall–Kier alpha value is -9.51. The number of nitrogens with zero attached hydrogens (tertiary/aromatic N) is 4. The van der Waals surface area contributed by atoms with Crippen LogP contribution in [0.4, 0.5) is 0 Å². The van der Waals surface area contributed by atoms with Crippen LogP contribution in [0.25, 0.3) is 117 Å². The minimum atomic E-state index is 0.321. The maximum atomic E-state index is 5.39. The first kappa shape index (κ1) is 43.5. The van der Waals surface area contributed by atoms with Gasteiger partial charge in [0.2, 0.25) is 0 Å². The van der Waals surface area contributed by atoms with E-state index in [1.165, 1.54) is 33.0 Å². The first-order chi connectivity index (χ1) is 36.2. The minimum Gasteiger partial charge on any atom is -0.308 e. The van der Waals surface area contributed by atoms with E-state index in [1.54, 1.807) is 0 Å². The first-order valence-corrected chi connectivity index (χ1v) is 25.0. The Morgan fingerprint density at radius 1 is 0.315 bits per heavy atom. The lowest BCUT2D eigenvalue weighted by Crippen LogP contribution is -2.04. The van der Waals surface area contributed by atoms with E-state index in [0.29, 0.717) is 23.4 Å². The molecule has 4 heteroatoms. The molecule has 1 unspecified atom stereocenters. The van der Waals surface area contributed by atoms with Crippen LogP contribution in [0.3, 0.4) is 0 Å². The maximum Gasteiger partial charge on any atom is 0.164 e. The topological polar surface area (TPSA) is 43.6 Å². The minimum absolute atomic E-state index is 0.321. The molecule has 344 valence electrons. The van der Waals surface area contributed by atoms with Crippen molar-refractivity contribution < 1.29 is 0 Å². The van der Waals surface area contributed by atoms with Crippen molar-refractivity contribution in [1.82, 2.24) is 19.5 Å². The normalized spacial score (nSPS) is 13.2. The largest absolute Gasteiger partial charge is 0.308 e. The molecule has 0 N–H and O–H groups in total. The molecule has 0 fully saturated rings. The van der Waals surface area contributed by atoms with Crippen LogP contribution in [-0.2, 0) is 0 Å². The standard InChI is InChI=1S/C69H48N4/c1-6-18-47(19-7-1)51-30-36-54(37-31-51)61-45-59(69-71-67(56-26-14-5-15-27-56)70-68(72-69)57-40-34-53(35-41-57)49-22-10-3-11-23-49)46-62(55-38-32-52(33-39-55)48-20-8-2-9-21-48)66(61)73-64-29-17-16-28-60(64)63-44-58(42-43-65(63)73)50-24-12-4-13-25-50/h1-20,22-46,48H,21H2. The molecule has 1 aliphatic rings. The lowest BCUT2D eigenvalue weighted by atomic mass is 9.89. The molecule has 2 heterocycles. The highest BCUT2D eigenvalue weighted by molar-refractivity contribution is 6.12. The maximum absolute atomic E-state index is 5.39. The van der Waals surface area contributed by atoms with E-state index in [2.05, 4.69) is 253 Å². The number of para-hydroxylation sites is 1. The molecule has 0 spiro atoms. The van der Waals surface area contributed by atoms with Crippen molar-refractivity contribution in [2.45, 2.75) is 12.3 Å². The molecule has 0 saturated carbocycles. The average molecular weight is 933 g/mol. The van der Waals surface area contributed by atoms with Crippen LogP contribution in [0.1, 0.15) is 17.9 Å². The summed E-state index contributed by atoms with van der Waals surface area (Å²) in [5.41, 5.74) is 18.6. The fourth-order valence-electron chi connectivity index (χ4n) is 10.5. The summed E-state index contributed by atoms with van der Waals surface area (Å²) >= 11 is 0. The van der Waals surface area contributed by atoms with Gasteiger partial charge in [-0.15, -0.1) is 0 Å². The predicted octanol–water partition coefficient (Wildman–Crippen LogP) is 17.9. The van der Waals surface area contributed by atoms with Crippen molar-refractivity contribution in [3.8, 4) is 95.5 Å². The molecule has 0 saturated heterocycles. The molecule has 1 aliphatic carbocycles. The summed E-state index contributed by atoms with van der Waals surface area (Å²) in [6.07, 6.45) is 9.84. The van der Waals surface area contributed by atoms with Gasteiger partial charge in [-0.2, -0.15) is 0 Å². The number of hydrogen-bond acceptors (Lipinski definition) is 3. The van der Waals surface area contributed by atoms with Gasteiger partial charge in [-0.05, 0) is 86.8 Å². The third-order valence-corrected chi connectivity index (χ3v) is 14.2. The smallest absolute Gasteiger partial charge is 0.164 e. The third-order valence-electron chi connectivity index (χ3n) is 14.2. The number of allylic oxidation sites excluding steroid dienone is 4. The van der Waals surface area contributed by atoms with Gasteiger partial charge in [0, 0.05) is 44.5 Å². The molecule has 0 radical (unpaired) electrons. The zero-order valence-electron chi connectivity index (χ0n) is 40.1. The second kappa shape index (κ2) is 19.0. The Bertz CT molecular complexity index is 3990. The summed E-state index contributed by atoms with van der Waals surface area (Å²) in [6.45, 7) is 0. The Morgan fingerprint density at radius 3 is 1.27 bits per heavy atom. The van der Waals surface area contributed by atoms with E-state index in [4.69, 9.17) is 15.0 Å². The fraction of sp³-hybridized carbons (Fsp3) is 0.0290. The lowest BCUT2D eigenvalue weighted by Gasteiger charge is -2.22. The van der Waals surface area contributed by atoms with Gasteiger partial charge in [0.25, 0.3) is 0 Å². The van der Waals surface area contributed by atoms with Crippen LogP contribution >= 0.6 is 0 Å². The summed E-state index contributed by atoms with van der Waals surface area (Å²) in [4.78, 5) is 15.9. The first-order valence-electron chi connectivity index (χ1n) is 25.0. The number of fused-ring (bicyclic) bond motifs is 3. The van der Waals surface area contributed by atoms with Crippen LogP contribution in [-0.4, -0.2) is 19.5 Å². The van der Waals surface area contributed by atoms with Gasteiger partial charge >= 0.3 is 0 Å². The van der Waals surface area contributed by atoms with Gasteiger partial charge in [0.15, 0.2) is 17.5 Å². The van der Waals surface area contributed by atoms with E-state index < -0.39 is 0 Å². The molecule has 1 atom stereocenters. The van der Waals surface area contributed by atoms with E-state index in [0.717, 1.165) is 78.8 Å². The zero-order valence-corrected chi connectivity index (χ0v) is 40.1. The average Bonchev–Trinajstić information content (AvgIpc) is 3.81. The van der Waals surface area contributed by atoms with Crippen LogP contribution < -0.4 is 0 Å². The van der Waals surface area contributed by atoms with Gasteiger partial charge in [-0.1, -0.05) is 243 Å². The van der Waals surface area contributed by atoms with Gasteiger partial charge in [-0.3, -0.25) is 0 Å². The van der Waals surface area contributed by atoms with E-state index >= 15 is 0 Å². The number of rotatable bonds is 10. The highest BCUT2D eigenvalue weighted by Crippen LogP contribution is 2.45. The lowest BCUT2D eigenvalue weighted by molar-refractivity contribution is 0.854. The number of hydrogen-bond donors (Lipinski definition) is 0. The van der Waals surface area contributed by atoms with E-state index in [-0.39, 0.29) is 0 Å². The van der Waals surface area contributed by atoms with Gasteiger partial charge in [-0.25, -0.2) is 15.0 Å². The van der Waals surface area contributed by atoms with E-state index in [9.17, 15) is 0 Å². The predicted molar refractivity (Wildman–Crippen MR) is 303 cm³/mol. The Morgan fingerprint density at radius 2 is 0.726 bits per heavy atom. The Labute approximate surface area is 425 Å². The second-order valence-corrected chi connectivity index (χ2v) is 18.7. The van der Waals surface area contributed by atoms with Crippen LogP contribution in [0.15, 0.2) is 273 Å². The Balaban J connectivity index is 1.08. The molecular formula is C69H48N4. The summed E-state index contributed by atoms with van der Waals surface area (Å²) in [5.74, 6) is 2.14. The fourth-order valence-corrected chi connectivity index (χ4v) is 10.5. The van der Waals surface area contributed by atoms with Gasteiger partial charge in [0.1, 0.15) is 0 Å². The van der Waals surface area contributed by atoms with Crippen molar-refractivity contribution in [3.63, 3.8) is 0 Å².